The van der Waals surface area contributed by atoms with E-state index in [-0.39, 0.29) is 11.5 Å². The van der Waals surface area contributed by atoms with E-state index < -0.39 is 0 Å². The van der Waals surface area contributed by atoms with E-state index in [1.54, 1.807) is 0 Å². The molecular formula is C28H36N4O. The zero-order valence-corrected chi connectivity index (χ0v) is 20.0. The molecule has 1 atom stereocenters. The van der Waals surface area contributed by atoms with E-state index in [0.717, 1.165) is 58.4 Å². The van der Waals surface area contributed by atoms with Crippen molar-refractivity contribution in [2.24, 2.45) is 5.92 Å². The molecule has 1 unspecified atom stereocenters. The number of carbonyl (C=O) groups excluding carboxylic acids is 1. The van der Waals surface area contributed by atoms with Gasteiger partial charge in [0.15, 0.2) is 0 Å². The summed E-state index contributed by atoms with van der Waals surface area (Å²) in [6, 6.07) is 19.3. The zero-order valence-electron chi connectivity index (χ0n) is 20.0. The van der Waals surface area contributed by atoms with Crippen molar-refractivity contribution in [1.82, 2.24) is 19.7 Å². The lowest BCUT2D eigenvalue weighted by Crippen LogP contribution is -2.54. The predicted molar refractivity (Wildman–Crippen MR) is 134 cm³/mol. The van der Waals surface area contributed by atoms with E-state index in [1.807, 2.05) is 0 Å². The minimum atomic E-state index is 0.0198. The molecule has 0 spiro atoms. The molecule has 1 aromatic heterocycles. The Hall–Kier alpha value is -2.63. The van der Waals surface area contributed by atoms with Crippen LogP contribution in [-0.2, 0) is 16.9 Å². The van der Waals surface area contributed by atoms with Crippen LogP contribution in [0, 0.1) is 5.92 Å². The Labute approximate surface area is 197 Å². The Morgan fingerprint density at radius 2 is 1.76 bits per heavy atom. The molecular weight excluding hydrogens is 408 g/mol. The van der Waals surface area contributed by atoms with Crippen LogP contribution in [0.3, 0.4) is 0 Å². The summed E-state index contributed by atoms with van der Waals surface area (Å²) < 4.78 is 0. The molecule has 0 radical (unpaired) electrons. The number of aromatic amines is 1. The summed E-state index contributed by atoms with van der Waals surface area (Å²) >= 11 is 0. The van der Waals surface area contributed by atoms with Gasteiger partial charge in [0, 0.05) is 48.8 Å². The van der Waals surface area contributed by atoms with Crippen LogP contribution in [0.2, 0.25) is 0 Å². The molecule has 0 bridgehead atoms. The summed E-state index contributed by atoms with van der Waals surface area (Å²) in [5, 5.41) is 1.29. The summed E-state index contributed by atoms with van der Waals surface area (Å²) in [4.78, 5) is 23.9. The van der Waals surface area contributed by atoms with Crippen LogP contribution in [0.4, 0.5) is 0 Å². The highest BCUT2D eigenvalue weighted by Crippen LogP contribution is 2.38. The van der Waals surface area contributed by atoms with Crippen LogP contribution in [0.25, 0.3) is 10.9 Å². The van der Waals surface area contributed by atoms with Crippen molar-refractivity contribution in [3.8, 4) is 0 Å². The van der Waals surface area contributed by atoms with Crippen molar-refractivity contribution in [3.05, 3.63) is 71.9 Å². The highest BCUT2D eigenvalue weighted by Gasteiger charge is 2.40. The van der Waals surface area contributed by atoms with Gasteiger partial charge in [-0.1, -0.05) is 48.5 Å². The molecule has 0 aliphatic carbocycles. The fourth-order valence-corrected chi connectivity index (χ4v) is 6.00. The fraction of sp³-hybridized carbons (Fsp3) is 0.464. The number of nitrogens with one attached hydrogen (secondary N) is 1. The minimum absolute atomic E-state index is 0.0198. The normalized spacial score (nSPS) is 21.5. The lowest BCUT2D eigenvalue weighted by molar-refractivity contribution is -0.140. The van der Waals surface area contributed by atoms with Crippen molar-refractivity contribution < 1.29 is 4.79 Å². The van der Waals surface area contributed by atoms with Crippen LogP contribution >= 0.6 is 0 Å². The molecule has 5 rings (SSSR count). The van der Waals surface area contributed by atoms with Gasteiger partial charge in [0.1, 0.15) is 0 Å². The lowest BCUT2D eigenvalue weighted by atomic mass is 9.79. The quantitative estimate of drug-likeness (QED) is 0.632. The number of amides is 1. The number of hydrogen-bond acceptors (Lipinski definition) is 3. The zero-order chi connectivity index (χ0) is 22.8. The molecule has 33 heavy (non-hydrogen) atoms. The van der Waals surface area contributed by atoms with Crippen molar-refractivity contribution in [3.63, 3.8) is 0 Å². The number of H-pyrrole nitrogens is 1. The van der Waals surface area contributed by atoms with Crippen LogP contribution in [0.1, 0.15) is 36.8 Å². The summed E-state index contributed by atoms with van der Waals surface area (Å²) in [6.07, 6.45) is 6.21. The van der Waals surface area contributed by atoms with Gasteiger partial charge in [-0.3, -0.25) is 14.6 Å². The first kappa shape index (κ1) is 22.2. The molecule has 174 valence electrons. The first-order chi connectivity index (χ1) is 16.1. The molecule has 1 amide bonds. The molecule has 2 aliphatic heterocycles. The second-order valence-electron chi connectivity index (χ2n) is 10.1. The molecule has 1 N–H and O–H groups in total. The Balaban J connectivity index is 1.23. The van der Waals surface area contributed by atoms with Gasteiger partial charge in [-0.25, -0.2) is 0 Å². The van der Waals surface area contributed by atoms with Crippen LogP contribution < -0.4 is 0 Å². The molecule has 2 fully saturated rings. The Morgan fingerprint density at radius 1 is 1.03 bits per heavy atom. The molecule has 3 aromatic rings. The maximum atomic E-state index is 13.5. The third-order valence-electron chi connectivity index (χ3n) is 7.99. The number of benzene rings is 2. The largest absolute Gasteiger partial charge is 0.361 e. The SMILES string of the molecule is CN(C)C1(c2ccccc2)CCN(C(=O)C2CCCN(Cc3c[nH]c4ccccc34)C2)CC1. The molecule has 2 aromatic carbocycles. The van der Waals surface area contributed by atoms with Gasteiger partial charge in [-0.05, 0) is 63.5 Å². The van der Waals surface area contributed by atoms with Crippen molar-refractivity contribution >= 4 is 16.8 Å². The average molecular weight is 445 g/mol. The maximum Gasteiger partial charge on any atom is 0.226 e. The van der Waals surface area contributed by atoms with Gasteiger partial charge in [0.25, 0.3) is 0 Å². The smallest absolute Gasteiger partial charge is 0.226 e. The summed E-state index contributed by atoms with van der Waals surface area (Å²) in [7, 11) is 4.35. The number of fused-ring (bicyclic) bond motifs is 1. The number of carbonyl (C=O) groups is 1. The number of aromatic nitrogens is 1. The van der Waals surface area contributed by atoms with Gasteiger partial charge in [-0.2, -0.15) is 0 Å². The average Bonchev–Trinajstić information content (AvgIpc) is 3.27. The number of piperidine rings is 2. The first-order valence-electron chi connectivity index (χ1n) is 12.4. The maximum absolute atomic E-state index is 13.5. The summed E-state index contributed by atoms with van der Waals surface area (Å²) in [5.41, 5.74) is 3.90. The van der Waals surface area contributed by atoms with E-state index >= 15 is 0 Å². The topological polar surface area (TPSA) is 42.6 Å². The second-order valence-corrected chi connectivity index (χ2v) is 10.1. The Morgan fingerprint density at radius 3 is 2.52 bits per heavy atom. The monoisotopic (exact) mass is 444 g/mol. The van der Waals surface area contributed by atoms with Crippen molar-refractivity contribution in [1.29, 1.82) is 0 Å². The molecule has 2 saturated heterocycles. The Bertz CT molecular complexity index is 1080. The molecule has 5 heteroatoms. The summed E-state index contributed by atoms with van der Waals surface area (Å²) in [6.45, 7) is 4.52. The van der Waals surface area contributed by atoms with Crippen LogP contribution in [0.5, 0.6) is 0 Å². The second kappa shape index (κ2) is 9.32. The third kappa shape index (κ3) is 4.32. The van der Waals surface area contributed by atoms with Gasteiger partial charge in [0.05, 0.1) is 5.92 Å². The van der Waals surface area contributed by atoms with Gasteiger partial charge in [0.2, 0.25) is 5.91 Å². The number of likely N-dealkylation sites (tertiary alicyclic amines) is 2. The van der Waals surface area contributed by atoms with Crippen LogP contribution in [-0.4, -0.2) is 65.9 Å². The number of nitrogens with zero attached hydrogens (tertiary/aromatic N) is 3. The Kier molecular flexibility index (Phi) is 6.26. The number of rotatable bonds is 5. The van der Waals surface area contributed by atoms with Gasteiger partial charge in [-0.15, -0.1) is 0 Å². The van der Waals surface area contributed by atoms with E-state index in [1.165, 1.54) is 22.0 Å². The molecule has 3 heterocycles. The van der Waals surface area contributed by atoms with Crippen molar-refractivity contribution in [2.45, 2.75) is 37.8 Å². The molecule has 2 aliphatic rings. The van der Waals surface area contributed by atoms with Crippen molar-refractivity contribution in [2.75, 3.05) is 40.3 Å². The van der Waals surface area contributed by atoms with E-state index in [4.69, 9.17) is 0 Å². The minimum Gasteiger partial charge on any atom is -0.361 e. The van der Waals surface area contributed by atoms with E-state index in [2.05, 4.69) is 94.6 Å². The highest BCUT2D eigenvalue weighted by molar-refractivity contribution is 5.83. The predicted octanol–water partition coefficient (Wildman–Crippen LogP) is 4.46. The molecule has 0 saturated carbocycles. The summed E-state index contributed by atoms with van der Waals surface area (Å²) in [5.74, 6) is 0.478. The highest BCUT2D eigenvalue weighted by atomic mass is 16.2. The molecule has 5 nitrogen and oxygen atoms in total. The van der Waals surface area contributed by atoms with E-state index in [9.17, 15) is 4.79 Å². The third-order valence-corrected chi connectivity index (χ3v) is 7.99. The first-order valence-corrected chi connectivity index (χ1v) is 12.4. The fourth-order valence-electron chi connectivity index (χ4n) is 6.00. The standard InChI is InChI=1S/C28H36N4O/c1-30(2)28(24-10-4-3-5-11-24)14-17-32(18-15-28)27(33)22-9-8-16-31(20-22)21-23-19-29-26-13-7-6-12-25(23)26/h3-7,10-13,19,22,29H,8-9,14-18,20-21H2,1-2H3. The number of hydrogen-bond donors (Lipinski definition) is 1. The lowest BCUT2D eigenvalue weighted by Gasteiger charge is -2.47. The van der Waals surface area contributed by atoms with Gasteiger partial charge >= 0.3 is 0 Å². The van der Waals surface area contributed by atoms with Gasteiger partial charge < -0.3 is 9.88 Å². The van der Waals surface area contributed by atoms with Crippen LogP contribution in [0.15, 0.2) is 60.8 Å². The number of para-hydroxylation sites is 1. The van der Waals surface area contributed by atoms with E-state index in [0.29, 0.717) is 5.91 Å².